The summed E-state index contributed by atoms with van der Waals surface area (Å²) in [5.41, 5.74) is 2.96. The average molecular weight is 667 g/mol. The molecule has 48 heavy (non-hydrogen) atoms. The minimum atomic E-state index is -0.549. The summed E-state index contributed by atoms with van der Waals surface area (Å²) in [4.78, 5) is 54.2. The van der Waals surface area contributed by atoms with Crippen LogP contribution in [-0.2, 0) is 20.7 Å². The van der Waals surface area contributed by atoms with Gasteiger partial charge in [0.15, 0.2) is 11.5 Å². The van der Waals surface area contributed by atoms with Crippen LogP contribution in [0.2, 0.25) is 0 Å². The molecule has 2 aromatic rings. The Morgan fingerprint density at radius 2 is 1.58 bits per heavy atom. The number of carbonyl (C=O) groups excluding carboxylic acids is 3. The highest BCUT2D eigenvalue weighted by atomic mass is 16.6. The van der Waals surface area contributed by atoms with Gasteiger partial charge in [-0.05, 0) is 81.3 Å². The number of benzene rings is 1. The zero-order valence-electron chi connectivity index (χ0n) is 29.3. The molecule has 4 rings (SSSR count). The number of nitrogens with zero attached hydrogens (tertiary/aromatic N) is 2. The Bertz CT molecular complexity index is 1550. The third-order valence-electron chi connectivity index (χ3n) is 8.58. The summed E-state index contributed by atoms with van der Waals surface area (Å²) in [5, 5.41) is 6.31. The number of methoxy groups -OCH3 is 3. The maximum Gasteiger partial charge on any atom is 0.410 e. The number of anilines is 1. The van der Waals surface area contributed by atoms with Gasteiger partial charge in [-0.3, -0.25) is 14.4 Å². The first-order chi connectivity index (χ1) is 22.9. The van der Waals surface area contributed by atoms with Crippen LogP contribution in [0.5, 0.6) is 17.2 Å². The van der Waals surface area contributed by atoms with Gasteiger partial charge in [0.25, 0.3) is 0 Å². The van der Waals surface area contributed by atoms with Gasteiger partial charge in [-0.15, -0.1) is 0 Å². The molecule has 2 N–H and O–H groups in total. The van der Waals surface area contributed by atoms with E-state index < -0.39 is 5.60 Å². The van der Waals surface area contributed by atoms with Crippen molar-refractivity contribution in [3.8, 4) is 28.4 Å². The Kier molecular flexibility index (Phi) is 12.2. The number of nitrogens with one attached hydrogen (secondary N) is 2. The van der Waals surface area contributed by atoms with E-state index in [0.717, 1.165) is 36.0 Å². The molecule has 1 unspecified atom stereocenters. The lowest BCUT2D eigenvalue weighted by Gasteiger charge is -2.35. The zero-order chi connectivity index (χ0) is 35.0. The second-order valence-electron chi connectivity index (χ2n) is 13.2. The standard InChI is InChI=1S/C36H50N4O8/c1-23(41)38-27-14-12-24-21-30(45-5)33(46-6)34(47-7)32(24)25-13-15-28(29(42)22-26(25)27)37-16-10-8-9-11-31(43)39-17-19-40(20-18-39)35(44)48-36(2,3)4/h13,15,21-22,27H,8-12,14,16-20H2,1-7H3,(H,37,42)(H,38,41). The second-order valence-corrected chi connectivity index (χ2v) is 13.2. The van der Waals surface area contributed by atoms with E-state index in [1.165, 1.54) is 6.92 Å². The number of rotatable bonds is 11. The lowest BCUT2D eigenvalue weighted by molar-refractivity contribution is -0.133. The van der Waals surface area contributed by atoms with Crippen LogP contribution in [0.3, 0.4) is 0 Å². The van der Waals surface area contributed by atoms with E-state index >= 15 is 0 Å². The fourth-order valence-corrected chi connectivity index (χ4v) is 6.28. The number of piperazine rings is 1. The summed E-state index contributed by atoms with van der Waals surface area (Å²) >= 11 is 0. The number of amides is 3. The minimum absolute atomic E-state index is 0.0870. The van der Waals surface area contributed by atoms with Crippen molar-refractivity contribution in [2.24, 2.45) is 0 Å². The van der Waals surface area contributed by atoms with E-state index in [0.29, 0.717) is 80.5 Å². The number of carbonyl (C=O) groups is 3. The van der Waals surface area contributed by atoms with Gasteiger partial charge in [-0.25, -0.2) is 4.79 Å². The molecule has 12 heteroatoms. The zero-order valence-corrected chi connectivity index (χ0v) is 29.3. The van der Waals surface area contributed by atoms with Crippen molar-refractivity contribution in [1.82, 2.24) is 15.1 Å². The summed E-state index contributed by atoms with van der Waals surface area (Å²) in [6.45, 7) is 9.48. The number of hydrogen-bond acceptors (Lipinski definition) is 9. The molecule has 1 fully saturated rings. The second kappa shape index (κ2) is 16.1. The Morgan fingerprint density at radius 1 is 0.896 bits per heavy atom. The maximum absolute atomic E-state index is 13.5. The largest absolute Gasteiger partial charge is 0.493 e. The molecule has 262 valence electrons. The number of ether oxygens (including phenoxy) is 4. The van der Waals surface area contributed by atoms with E-state index in [1.807, 2.05) is 37.8 Å². The highest BCUT2D eigenvalue weighted by molar-refractivity contribution is 5.84. The van der Waals surface area contributed by atoms with Crippen LogP contribution >= 0.6 is 0 Å². The third kappa shape index (κ3) is 8.90. The summed E-state index contributed by atoms with van der Waals surface area (Å²) in [6, 6.07) is 6.82. The van der Waals surface area contributed by atoms with E-state index in [9.17, 15) is 19.2 Å². The topological polar surface area (TPSA) is 136 Å². The Hall–Kier alpha value is -4.48. The van der Waals surface area contributed by atoms with Gasteiger partial charge in [0.1, 0.15) is 5.60 Å². The summed E-state index contributed by atoms with van der Waals surface area (Å²) in [6.07, 6.45) is 3.63. The van der Waals surface area contributed by atoms with Crippen molar-refractivity contribution in [2.75, 3.05) is 59.4 Å². The molecule has 1 aliphatic carbocycles. The van der Waals surface area contributed by atoms with Crippen LogP contribution in [0.25, 0.3) is 11.1 Å². The molecule has 0 aromatic heterocycles. The number of unbranched alkanes of at least 4 members (excludes halogenated alkanes) is 2. The SMILES string of the molecule is COc1cc2c(c(OC)c1OC)-c1ccc(NCCCCCC(=O)N3CCN(C(=O)OC(C)(C)C)CC3)c(=O)cc1C(NC(C)=O)CC2. The van der Waals surface area contributed by atoms with Crippen LogP contribution < -0.4 is 30.3 Å². The molecule has 1 aliphatic heterocycles. The van der Waals surface area contributed by atoms with E-state index in [4.69, 9.17) is 18.9 Å². The van der Waals surface area contributed by atoms with Crippen molar-refractivity contribution in [3.05, 3.63) is 45.6 Å². The highest BCUT2D eigenvalue weighted by Gasteiger charge is 2.30. The first kappa shape index (κ1) is 36.4. The number of fused-ring (bicyclic) bond motifs is 3. The van der Waals surface area contributed by atoms with Gasteiger partial charge in [0.05, 0.1) is 33.1 Å². The number of aryl methyl sites for hydroxylation is 1. The minimum Gasteiger partial charge on any atom is -0.493 e. The van der Waals surface area contributed by atoms with Crippen molar-refractivity contribution < 1.29 is 33.3 Å². The van der Waals surface area contributed by atoms with Crippen molar-refractivity contribution in [1.29, 1.82) is 0 Å². The van der Waals surface area contributed by atoms with Gasteiger partial charge >= 0.3 is 6.09 Å². The predicted molar refractivity (Wildman–Crippen MR) is 184 cm³/mol. The van der Waals surface area contributed by atoms with E-state index in [2.05, 4.69) is 10.6 Å². The smallest absolute Gasteiger partial charge is 0.410 e. The van der Waals surface area contributed by atoms with Crippen LogP contribution in [-0.4, -0.2) is 87.4 Å². The third-order valence-corrected chi connectivity index (χ3v) is 8.58. The molecule has 1 heterocycles. The van der Waals surface area contributed by atoms with Crippen LogP contribution in [0.1, 0.15) is 77.0 Å². The molecule has 0 saturated carbocycles. The van der Waals surface area contributed by atoms with Gasteiger partial charge in [0, 0.05) is 51.6 Å². The van der Waals surface area contributed by atoms with Crippen molar-refractivity contribution >= 4 is 23.6 Å². The van der Waals surface area contributed by atoms with E-state index in [-0.39, 0.29) is 29.4 Å². The van der Waals surface area contributed by atoms with Crippen LogP contribution in [0.4, 0.5) is 10.5 Å². The fourth-order valence-electron chi connectivity index (χ4n) is 6.28. The average Bonchev–Trinajstić information content (AvgIpc) is 3.28. The van der Waals surface area contributed by atoms with Crippen LogP contribution in [0, 0.1) is 0 Å². The molecular formula is C36H50N4O8. The van der Waals surface area contributed by atoms with Gasteiger partial charge in [0.2, 0.25) is 23.0 Å². The first-order valence-electron chi connectivity index (χ1n) is 16.6. The molecular weight excluding hydrogens is 616 g/mol. The van der Waals surface area contributed by atoms with Crippen molar-refractivity contribution in [2.45, 2.75) is 77.9 Å². The molecule has 12 nitrogen and oxygen atoms in total. The quantitative estimate of drug-likeness (QED) is 0.321. The molecule has 1 saturated heterocycles. The number of hydrogen-bond donors (Lipinski definition) is 2. The monoisotopic (exact) mass is 666 g/mol. The molecule has 2 aromatic carbocycles. The molecule has 0 bridgehead atoms. The summed E-state index contributed by atoms with van der Waals surface area (Å²) in [7, 11) is 4.70. The Balaban J connectivity index is 1.39. The van der Waals surface area contributed by atoms with Gasteiger partial charge in [-0.2, -0.15) is 0 Å². The molecule has 0 radical (unpaired) electrons. The molecule has 2 aliphatic rings. The maximum atomic E-state index is 13.5. The van der Waals surface area contributed by atoms with E-state index in [1.54, 1.807) is 38.4 Å². The lowest BCUT2D eigenvalue weighted by Crippen LogP contribution is -2.51. The lowest BCUT2D eigenvalue weighted by atomic mass is 9.95. The normalized spacial score (nSPS) is 15.8. The summed E-state index contributed by atoms with van der Waals surface area (Å²) < 4.78 is 22.5. The van der Waals surface area contributed by atoms with Gasteiger partial charge < -0.3 is 39.4 Å². The predicted octanol–water partition coefficient (Wildman–Crippen LogP) is 4.91. The summed E-state index contributed by atoms with van der Waals surface area (Å²) in [5.74, 6) is 1.41. The molecule has 3 amide bonds. The first-order valence-corrected chi connectivity index (χ1v) is 16.6. The van der Waals surface area contributed by atoms with Gasteiger partial charge in [-0.1, -0.05) is 12.5 Å². The Labute approximate surface area is 283 Å². The fraction of sp³-hybridized carbons (Fsp3) is 0.556. The molecule has 0 spiro atoms. The van der Waals surface area contributed by atoms with Crippen molar-refractivity contribution in [3.63, 3.8) is 0 Å². The highest BCUT2D eigenvalue weighted by Crippen LogP contribution is 2.50. The van der Waals surface area contributed by atoms with Crippen LogP contribution in [0.15, 0.2) is 29.1 Å². The Morgan fingerprint density at radius 3 is 2.21 bits per heavy atom. The molecule has 1 atom stereocenters.